The summed E-state index contributed by atoms with van der Waals surface area (Å²) in [6, 6.07) is 14.6. The van der Waals surface area contributed by atoms with Crippen LogP contribution in [0.1, 0.15) is 15.9 Å². The number of piperazine rings is 1. The van der Waals surface area contributed by atoms with Gasteiger partial charge < -0.3 is 15.0 Å². The molecule has 35 heavy (non-hydrogen) atoms. The van der Waals surface area contributed by atoms with E-state index in [4.69, 9.17) is 4.74 Å². The largest absolute Gasteiger partial charge is 0.495 e. The van der Waals surface area contributed by atoms with Gasteiger partial charge in [0.05, 0.1) is 28.9 Å². The molecule has 0 atom stereocenters. The van der Waals surface area contributed by atoms with Crippen molar-refractivity contribution >= 4 is 27.3 Å². The number of amides is 1. The molecule has 0 radical (unpaired) electrons. The molecule has 1 amide bonds. The van der Waals surface area contributed by atoms with Crippen molar-refractivity contribution in [2.45, 2.75) is 11.8 Å². The van der Waals surface area contributed by atoms with E-state index in [9.17, 15) is 22.0 Å². The molecule has 0 aromatic heterocycles. The smallest absolute Gasteiger partial charge is 0.258 e. The molecule has 0 spiro atoms. The van der Waals surface area contributed by atoms with E-state index in [0.717, 1.165) is 23.8 Å². The third-order valence-corrected chi connectivity index (χ3v) is 7.75. The summed E-state index contributed by atoms with van der Waals surface area (Å²) in [6.45, 7) is 2.66. The van der Waals surface area contributed by atoms with Crippen LogP contribution >= 0.6 is 0 Å². The summed E-state index contributed by atoms with van der Waals surface area (Å²) < 4.78 is 61.6. The molecule has 1 aliphatic heterocycles. The van der Waals surface area contributed by atoms with Gasteiger partial charge >= 0.3 is 0 Å². The molecule has 7 nitrogen and oxygen atoms in total. The van der Waals surface area contributed by atoms with Crippen molar-refractivity contribution in [2.24, 2.45) is 0 Å². The highest BCUT2D eigenvalue weighted by molar-refractivity contribution is 7.89. The number of rotatable bonds is 6. The molecule has 4 rings (SSSR count). The number of hydrogen-bond donors (Lipinski definition) is 1. The Morgan fingerprint density at radius 1 is 0.943 bits per heavy atom. The number of nitrogens with one attached hydrogen (secondary N) is 1. The van der Waals surface area contributed by atoms with E-state index in [1.807, 2.05) is 6.92 Å². The molecule has 1 aliphatic rings. The summed E-state index contributed by atoms with van der Waals surface area (Å²) in [5.74, 6) is -1.63. The molecule has 1 heterocycles. The Morgan fingerprint density at radius 2 is 1.66 bits per heavy atom. The predicted molar refractivity (Wildman–Crippen MR) is 129 cm³/mol. The number of ether oxygens (including phenoxy) is 1. The summed E-state index contributed by atoms with van der Waals surface area (Å²) in [5, 5.41) is 2.59. The predicted octanol–water partition coefficient (Wildman–Crippen LogP) is 4.05. The number of benzene rings is 3. The number of nitrogens with zero attached hydrogens (tertiary/aromatic N) is 2. The van der Waals surface area contributed by atoms with Crippen LogP contribution in [-0.2, 0) is 10.0 Å². The summed E-state index contributed by atoms with van der Waals surface area (Å²) in [5.41, 5.74) is 1.21. The van der Waals surface area contributed by atoms with Crippen molar-refractivity contribution in [3.8, 4) is 5.75 Å². The van der Waals surface area contributed by atoms with Gasteiger partial charge in [-0.05, 0) is 55.0 Å². The third-order valence-electron chi connectivity index (χ3n) is 5.86. The van der Waals surface area contributed by atoms with Gasteiger partial charge in [0.15, 0.2) is 0 Å². The zero-order chi connectivity index (χ0) is 25.2. The summed E-state index contributed by atoms with van der Waals surface area (Å²) >= 11 is 0. The molecule has 3 aromatic carbocycles. The Bertz CT molecular complexity index is 1360. The molecular weight excluding hydrogens is 476 g/mol. The second-order valence-electron chi connectivity index (χ2n) is 8.14. The number of hydrogen-bond acceptors (Lipinski definition) is 5. The van der Waals surface area contributed by atoms with Crippen molar-refractivity contribution in [3.05, 3.63) is 83.4 Å². The lowest BCUT2D eigenvalue weighted by molar-refractivity contribution is 0.102. The summed E-state index contributed by atoms with van der Waals surface area (Å²) in [4.78, 5) is 14.4. The zero-order valence-corrected chi connectivity index (χ0v) is 20.1. The van der Waals surface area contributed by atoms with Gasteiger partial charge in [0.1, 0.15) is 17.4 Å². The lowest BCUT2D eigenvalue weighted by Gasteiger charge is -2.35. The van der Waals surface area contributed by atoms with Gasteiger partial charge in [-0.3, -0.25) is 4.79 Å². The van der Waals surface area contributed by atoms with Gasteiger partial charge in [-0.25, -0.2) is 17.2 Å². The van der Waals surface area contributed by atoms with E-state index >= 15 is 0 Å². The highest BCUT2D eigenvalue weighted by atomic mass is 32.2. The van der Waals surface area contributed by atoms with E-state index in [1.165, 1.54) is 17.5 Å². The van der Waals surface area contributed by atoms with Crippen LogP contribution in [0.5, 0.6) is 5.75 Å². The molecule has 0 bridgehead atoms. The standard InChI is InChI=1S/C25H25F2N3O4S/c1-17-7-10-24(34-2)22(15-17)28-25(31)19-16-18(8-9-20(19)26)35(32,33)30-13-11-29(12-14-30)23-6-4-3-5-21(23)27/h3-10,15-16H,11-14H2,1-2H3,(H,28,31). The van der Waals surface area contributed by atoms with E-state index in [-0.39, 0.29) is 23.8 Å². The van der Waals surface area contributed by atoms with Crippen LogP contribution in [0.3, 0.4) is 0 Å². The first kappa shape index (κ1) is 24.6. The van der Waals surface area contributed by atoms with Crippen LogP contribution in [0.2, 0.25) is 0 Å². The van der Waals surface area contributed by atoms with Crippen molar-refractivity contribution in [1.29, 1.82) is 0 Å². The Morgan fingerprint density at radius 3 is 2.34 bits per heavy atom. The minimum absolute atomic E-state index is 0.121. The van der Waals surface area contributed by atoms with Gasteiger partial charge in [-0.2, -0.15) is 4.31 Å². The maximum Gasteiger partial charge on any atom is 0.258 e. The second-order valence-corrected chi connectivity index (χ2v) is 10.1. The fraction of sp³-hybridized carbons (Fsp3) is 0.240. The number of aryl methyl sites for hydroxylation is 1. The first-order valence-corrected chi connectivity index (χ1v) is 12.4. The summed E-state index contributed by atoms with van der Waals surface area (Å²) in [6.07, 6.45) is 0. The average molecular weight is 502 g/mol. The first-order chi connectivity index (χ1) is 16.7. The molecule has 10 heteroatoms. The van der Waals surface area contributed by atoms with E-state index in [0.29, 0.717) is 30.2 Å². The van der Waals surface area contributed by atoms with Gasteiger partial charge in [0.2, 0.25) is 10.0 Å². The molecule has 0 unspecified atom stereocenters. The van der Waals surface area contributed by atoms with Crippen molar-refractivity contribution in [1.82, 2.24) is 4.31 Å². The zero-order valence-electron chi connectivity index (χ0n) is 19.3. The normalized spacial score (nSPS) is 14.6. The van der Waals surface area contributed by atoms with Crippen LogP contribution in [0, 0.1) is 18.6 Å². The van der Waals surface area contributed by atoms with Gasteiger partial charge in [-0.15, -0.1) is 0 Å². The van der Waals surface area contributed by atoms with Crippen LogP contribution in [0.4, 0.5) is 20.2 Å². The van der Waals surface area contributed by atoms with E-state index in [2.05, 4.69) is 5.32 Å². The number of para-hydroxylation sites is 1. The average Bonchev–Trinajstić information content (AvgIpc) is 2.84. The SMILES string of the molecule is COc1ccc(C)cc1NC(=O)c1cc(S(=O)(=O)N2CCN(c3ccccc3F)CC2)ccc1F. The highest BCUT2D eigenvalue weighted by Crippen LogP contribution is 2.28. The Kier molecular flexibility index (Phi) is 7.04. The molecule has 0 saturated carbocycles. The lowest BCUT2D eigenvalue weighted by Crippen LogP contribution is -2.48. The van der Waals surface area contributed by atoms with Gasteiger partial charge in [0, 0.05) is 26.2 Å². The van der Waals surface area contributed by atoms with Crippen LogP contribution < -0.4 is 15.0 Å². The van der Waals surface area contributed by atoms with Crippen LogP contribution in [-0.4, -0.2) is 51.9 Å². The molecule has 1 saturated heterocycles. The monoisotopic (exact) mass is 501 g/mol. The second kappa shape index (κ2) is 10.0. The van der Waals surface area contributed by atoms with Crippen molar-refractivity contribution in [3.63, 3.8) is 0 Å². The molecule has 0 aliphatic carbocycles. The number of carbonyl (C=O) groups is 1. The maximum atomic E-state index is 14.5. The van der Waals surface area contributed by atoms with Gasteiger partial charge in [-0.1, -0.05) is 18.2 Å². The molecule has 184 valence electrons. The Hall–Kier alpha value is -3.50. The minimum Gasteiger partial charge on any atom is -0.495 e. The van der Waals surface area contributed by atoms with E-state index < -0.39 is 27.3 Å². The van der Waals surface area contributed by atoms with Crippen molar-refractivity contribution in [2.75, 3.05) is 43.5 Å². The Balaban J connectivity index is 1.53. The fourth-order valence-electron chi connectivity index (χ4n) is 3.97. The number of carbonyl (C=O) groups excluding carboxylic acids is 1. The first-order valence-electron chi connectivity index (χ1n) is 11.0. The molecular formula is C25H25F2N3O4S. The number of halogens is 2. The van der Waals surface area contributed by atoms with Crippen LogP contribution in [0.25, 0.3) is 0 Å². The Labute approximate surface area is 203 Å². The number of methoxy groups -OCH3 is 1. The quantitative estimate of drug-likeness (QED) is 0.552. The van der Waals surface area contributed by atoms with E-state index in [1.54, 1.807) is 41.3 Å². The molecule has 3 aromatic rings. The molecule has 1 fully saturated rings. The maximum absolute atomic E-state index is 14.5. The fourth-order valence-corrected chi connectivity index (χ4v) is 5.42. The third kappa shape index (κ3) is 5.13. The minimum atomic E-state index is -4.00. The highest BCUT2D eigenvalue weighted by Gasteiger charge is 2.30. The van der Waals surface area contributed by atoms with Crippen molar-refractivity contribution < 1.29 is 26.7 Å². The number of sulfonamides is 1. The summed E-state index contributed by atoms with van der Waals surface area (Å²) in [7, 11) is -2.56. The lowest BCUT2D eigenvalue weighted by atomic mass is 10.1. The van der Waals surface area contributed by atoms with Crippen LogP contribution in [0.15, 0.2) is 65.6 Å². The number of anilines is 2. The topological polar surface area (TPSA) is 78.9 Å². The van der Waals surface area contributed by atoms with Gasteiger partial charge in [0.25, 0.3) is 5.91 Å². The molecule has 1 N–H and O–H groups in total.